The molecule has 0 aromatic heterocycles. The molecule has 9 nitrogen and oxygen atoms in total. The minimum absolute atomic E-state index is 0.205. The van der Waals surface area contributed by atoms with Crippen LogP contribution in [0.2, 0.25) is 0 Å². The molecule has 0 spiro atoms. The summed E-state index contributed by atoms with van der Waals surface area (Å²) in [4.78, 5) is 34.0. The molecule has 0 aromatic carbocycles. The van der Waals surface area contributed by atoms with Crippen LogP contribution in [-0.4, -0.2) is 72.7 Å². The van der Waals surface area contributed by atoms with Gasteiger partial charge in [-0.15, -0.1) is 0 Å². The van der Waals surface area contributed by atoms with E-state index in [1.807, 2.05) is 0 Å². The molecule has 0 radical (unpaired) electrons. The first-order chi connectivity index (χ1) is 10.1. The average Bonchev–Trinajstić information content (AvgIpc) is 2.49. The molecule has 120 valence electrons. The smallest absolute Gasteiger partial charge is 0.375 e. The van der Waals surface area contributed by atoms with Crippen molar-refractivity contribution in [1.29, 1.82) is 0 Å². The summed E-state index contributed by atoms with van der Waals surface area (Å²) in [5.74, 6) is -3.39. The molecule has 0 aromatic rings. The summed E-state index contributed by atoms with van der Waals surface area (Å²) >= 11 is 0. The normalized spacial score (nSPS) is 10.9. The van der Waals surface area contributed by atoms with Gasteiger partial charge in [0.15, 0.2) is 0 Å². The first kappa shape index (κ1) is 19.0. The lowest BCUT2D eigenvalue weighted by Gasteiger charge is -2.08. The minimum Gasteiger partial charge on any atom is -0.484 e. The molecule has 0 aliphatic carbocycles. The van der Waals surface area contributed by atoms with Crippen molar-refractivity contribution in [3.63, 3.8) is 0 Å². The molecule has 0 rings (SSSR count). The number of Topliss-reactive ketones (excluding diaryl/α,β-unsaturated/α-hetero) is 1. The van der Waals surface area contributed by atoms with E-state index in [0.717, 1.165) is 6.08 Å². The zero-order chi connectivity index (χ0) is 16.1. The molecule has 0 unspecified atom stereocenters. The van der Waals surface area contributed by atoms with Crippen LogP contribution in [-0.2, 0) is 28.6 Å². The van der Waals surface area contributed by atoms with Gasteiger partial charge in [-0.05, 0) is 6.08 Å². The number of esters is 2. The van der Waals surface area contributed by atoms with E-state index < -0.39 is 30.7 Å². The van der Waals surface area contributed by atoms with Crippen molar-refractivity contribution < 1.29 is 43.9 Å². The molecule has 0 aliphatic rings. The molecule has 0 amide bonds. The number of aliphatic hydroxyl groups excluding tert-OH is 3. The molecule has 0 saturated heterocycles. The summed E-state index contributed by atoms with van der Waals surface area (Å²) in [6.07, 6.45) is 0.539. The van der Waals surface area contributed by atoms with Crippen molar-refractivity contribution in [1.82, 2.24) is 0 Å². The quantitative estimate of drug-likeness (QED) is 0.170. The van der Waals surface area contributed by atoms with E-state index in [1.54, 1.807) is 0 Å². The van der Waals surface area contributed by atoms with E-state index in [2.05, 4.69) is 9.47 Å². The Bertz CT molecular complexity index is 375. The van der Waals surface area contributed by atoms with Crippen LogP contribution in [0.1, 0.15) is 6.42 Å². The summed E-state index contributed by atoms with van der Waals surface area (Å²) in [5.41, 5.74) is 0. The number of ketones is 1. The highest BCUT2D eigenvalue weighted by atomic mass is 16.6. The third-order valence-electron chi connectivity index (χ3n) is 1.90. The number of carbonyl (C=O) groups is 3. The SMILES string of the molecule is O=C(C/C=C(\OCCO)C(=O)OCCO)C(=O)OCCO. The summed E-state index contributed by atoms with van der Waals surface area (Å²) in [6.45, 7) is -1.93. The number of carbonyl (C=O) groups excluding carboxylic acids is 3. The van der Waals surface area contributed by atoms with Crippen LogP contribution < -0.4 is 0 Å². The highest BCUT2D eigenvalue weighted by Crippen LogP contribution is 2.04. The molecule has 0 heterocycles. The second kappa shape index (κ2) is 11.8. The van der Waals surface area contributed by atoms with Crippen molar-refractivity contribution in [3.8, 4) is 0 Å². The fourth-order valence-corrected chi connectivity index (χ4v) is 1.05. The highest BCUT2D eigenvalue weighted by Gasteiger charge is 2.17. The molecular formula is C12H18O9. The van der Waals surface area contributed by atoms with Crippen molar-refractivity contribution in [3.05, 3.63) is 11.8 Å². The van der Waals surface area contributed by atoms with Crippen LogP contribution in [0.15, 0.2) is 11.8 Å². The van der Waals surface area contributed by atoms with Crippen molar-refractivity contribution >= 4 is 17.7 Å². The third kappa shape index (κ3) is 8.74. The monoisotopic (exact) mass is 306 g/mol. The maximum Gasteiger partial charge on any atom is 0.375 e. The van der Waals surface area contributed by atoms with Crippen LogP contribution in [0.3, 0.4) is 0 Å². The lowest BCUT2D eigenvalue weighted by atomic mass is 10.2. The zero-order valence-corrected chi connectivity index (χ0v) is 11.3. The van der Waals surface area contributed by atoms with E-state index in [-0.39, 0.29) is 38.8 Å². The van der Waals surface area contributed by atoms with Gasteiger partial charge in [-0.25, -0.2) is 9.59 Å². The molecule has 9 heteroatoms. The summed E-state index contributed by atoms with van der Waals surface area (Å²) < 4.78 is 13.8. The average molecular weight is 306 g/mol. The number of hydrogen-bond acceptors (Lipinski definition) is 9. The topological polar surface area (TPSA) is 140 Å². The van der Waals surface area contributed by atoms with Crippen LogP contribution in [0.5, 0.6) is 0 Å². The molecule has 0 saturated carbocycles. The third-order valence-corrected chi connectivity index (χ3v) is 1.90. The Labute approximate surface area is 120 Å². The van der Waals surface area contributed by atoms with E-state index in [0.29, 0.717) is 0 Å². The molecule has 0 bridgehead atoms. The summed E-state index contributed by atoms with van der Waals surface area (Å²) in [5, 5.41) is 25.6. The van der Waals surface area contributed by atoms with Crippen molar-refractivity contribution in [2.24, 2.45) is 0 Å². The van der Waals surface area contributed by atoms with Gasteiger partial charge in [-0.3, -0.25) is 4.79 Å². The van der Waals surface area contributed by atoms with Gasteiger partial charge in [-0.2, -0.15) is 0 Å². The predicted molar refractivity (Wildman–Crippen MR) is 66.8 cm³/mol. The Morgan fingerprint density at radius 2 is 1.24 bits per heavy atom. The van der Waals surface area contributed by atoms with Gasteiger partial charge in [0.05, 0.1) is 19.8 Å². The number of rotatable bonds is 11. The van der Waals surface area contributed by atoms with Gasteiger partial charge in [0, 0.05) is 6.42 Å². The predicted octanol–water partition coefficient (Wildman–Crippen LogP) is -2.09. The van der Waals surface area contributed by atoms with Crippen LogP contribution in [0.25, 0.3) is 0 Å². The molecule has 0 fully saturated rings. The minimum atomic E-state index is -1.15. The van der Waals surface area contributed by atoms with E-state index in [1.165, 1.54) is 0 Å². The maximum absolute atomic E-state index is 11.5. The van der Waals surface area contributed by atoms with E-state index in [4.69, 9.17) is 20.1 Å². The van der Waals surface area contributed by atoms with E-state index in [9.17, 15) is 14.4 Å². The fourth-order valence-electron chi connectivity index (χ4n) is 1.05. The van der Waals surface area contributed by atoms with Gasteiger partial charge in [0.25, 0.3) is 0 Å². The molecule has 3 N–H and O–H groups in total. The number of aliphatic hydroxyl groups is 3. The lowest BCUT2D eigenvalue weighted by molar-refractivity contribution is -0.154. The van der Waals surface area contributed by atoms with Gasteiger partial charge >= 0.3 is 11.9 Å². The molecule has 21 heavy (non-hydrogen) atoms. The van der Waals surface area contributed by atoms with Gasteiger partial charge in [-0.1, -0.05) is 0 Å². The number of hydrogen-bond donors (Lipinski definition) is 3. The Kier molecular flexibility index (Phi) is 10.7. The maximum atomic E-state index is 11.5. The molecule has 0 atom stereocenters. The second-order valence-electron chi connectivity index (χ2n) is 3.49. The Morgan fingerprint density at radius 3 is 1.76 bits per heavy atom. The Balaban J connectivity index is 4.56. The first-order valence-corrected chi connectivity index (χ1v) is 6.09. The van der Waals surface area contributed by atoms with Crippen LogP contribution in [0.4, 0.5) is 0 Å². The van der Waals surface area contributed by atoms with Crippen molar-refractivity contribution in [2.45, 2.75) is 6.42 Å². The van der Waals surface area contributed by atoms with Crippen LogP contribution >= 0.6 is 0 Å². The molecule has 0 aliphatic heterocycles. The number of ether oxygens (including phenoxy) is 3. The Morgan fingerprint density at radius 1 is 0.762 bits per heavy atom. The zero-order valence-electron chi connectivity index (χ0n) is 11.3. The highest BCUT2D eigenvalue weighted by molar-refractivity contribution is 6.34. The Hall–Kier alpha value is -1.97. The lowest BCUT2D eigenvalue weighted by Crippen LogP contribution is -2.19. The van der Waals surface area contributed by atoms with Crippen LogP contribution in [0, 0.1) is 0 Å². The number of allylic oxidation sites excluding steroid dienone is 1. The first-order valence-electron chi connectivity index (χ1n) is 6.09. The van der Waals surface area contributed by atoms with E-state index >= 15 is 0 Å². The van der Waals surface area contributed by atoms with Gasteiger partial charge in [0.1, 0.15) is 19.8 Å². The van der Waals surface area contributed by atoms with Crippen molar-refractivity contribution in [2.75, 3.05) is 39.6 Å². The second-order valence-corrected chi connectivity index (χ2v) is 3.49. The standard InChI is InChI=1S/C12H18O9/c13-3-6-19-10(12(18)21-8-5-15)2-1-9(16)11(17)20-7-4-14/h2,13-15H,1,3-8H2/b10-2-. The van der Waals surface area contributed by atoms with Gasteiger partial charge < -0.3 is 29.5 Å². The summed E-state index contributed by atoms with van der Waals surface area (Å²) in [7, 11) is 0. The van der Waals surface area contributed by atoms with Gasteiger partial charge in [0.2, 0.25) is 11.5 Å². The summed E-state index contributed by atoms with van der Waals surface area (Å²) in [6, 6.07) is 0. The fraction of sp³-hybridized carbons (Fsp3) is 0.583. The molecular weight excluding hydrogens is 288 g/mol. The largest absolute Gasteiger partial charge is 0.484 e.